The van der Waals surface area contributed by atoms with Crippen molar-refractivity contribution in [1.29, 1.82) is 0 Å². The van der Waals surface area contributed by atoms with Crippen molar-refractivity contribution in [1.82, 2.24) is 24.6 Å². The number of hydrogen-bond acceptors (Lipinski definition) is 7. The molecule has 11 nitrogen and oxygen atoms in total. The summed E-state index contributed by atoms with van der Waals surface area (Å²) in [6.45, 7) is 9.05. The summed E-state index contributed by atoms with van der Waals surface area (Å²) in [5.74, 6) is 0.852. The van der Waals surface area contributed by atoms with Gasteiger partial charge in [0.2, 0.25) is 11.6 Å². The molecule has 1 aliphatic heterocycles. The Bertz CT molecular complexity index is 1590. The van der Waals surface area contributed by atoms with E-state index in [-0.39, 0.29) is 21.4 Å². The van der Waals surface area contributed by atoms with Gasteiger partial charge in [0.1, 0.15) is 11.5 Å². The Morgan fingerprint density at radius 3 is 2.60 bits per heavy atom. The molecule has 4 aliphatic rings. The predicted molar refractivity (Wildman–Crippen MR) is 144 cm³/mol. The van der Waals surface area contributed by atoms with Gasteiger partial charge in [-0.1, -0.05) is 6.92 Å². The summed E-state index contributed by atoms with van der Waals surface area (Å²) in [7, 11) is -2.44. The Labute approximate surface area is 232 Å². The number of H-pyrrole nitrogens is 1. The highest BCUT2D eigenvalue weighted by Gasteiger charge is 2.69. The number of aryl methyl sites for hydroxylation is 1. The normalized spacial score (nSPS) is 26.8. The second-order valence-corrected chi connectivity index (χ2v) is 14.2. The van der Waals surface area contributed by atoms with Crippen LogP contribution in [-0.4, -0.2) is 58.5 Å². The molecule has 1 amide bonds. The average molecular weight is 573 g/mol. The van der Waals surface area contributed by atoms with Gasteiger partial charge in [0, 0.05) is 36.7 Å². The van der Waals surface area contributed by atoms with E-state index in [2.05, 4.69) is 40.6 Å². The topological polar surface area (TPSA) is 126 Å². The molecule has 3 saturated carbocycles. The summed E-state index contributed by atoms with van der Waals surface area (Å²) in [6, 6.07) is 4.94. The highest BCUT2D eigenvalue weighted by Crippen LogP contribution is 2.69. The number of halogens is 1. The number of aromatic amines is 1. The molecule has 2 bridgehead atoms. The second kappa shape index (κ2) is 8.76. The highest BCUT2D eigenvalue weighted by atomic mass is 32.2. The zero-order chi connectivity index (χ0) is 28.7. The standard InChI is InChI=1S/C27H34FN7O4S/c1-17-10-25(3,4)34(12-17)23-19(24(36)32-40(37,38)20-11-29-33(5)18(20)2)6-7-21(30-23)35-9-8-22(31-35)39-16-26-13-27(28,14-26)15-26/h6-9,11,17H,10,12-16H2,1-5H3,(H,32,36)/p+1/t17-,26?,27?/m0/s1. The lowest BCUT2D eigenvalue weighted by molar-refractivity contribution is -0.733. The van der Waals surface area contributed by atoms with Gasteiger partial charge < -0.3 is 9.64 Å². The van der Waals surface area contributed by atoms with Crippen LogP contribution >= 0.6 is 0 Å². The Kier molecular flexibility index (Phi) is 5.85. The number of ether oxygens (including phenoxy) is 1. The van der Waals surface area contributed by atoms with Crippen LogP contribution in [-0.2, 0) is 17.1 Å². The minimum Gasteiger partial charge on any atom is -0.476 e. The molecule has 2 N–H and O–H groups in total. The summed E-state index contributed by atoms with van der Waals surface area (Å²) in [4.78, 5) is 20.3. The first-order valence-corrected chi connectivity index (χ1v) is 15.0. The van der Waals surface area contributed by atoms with Gasteiger partial charge in [0.15, 0.2) is 17.8 Å². The summed E-state index contributed by atoms with van der Waals surface area (Å²) >= 11 is 0. The Balaban J connectivity index is 1.29. The lowest BCUT2D eigenvalue weighted by Crippen LogP contribution is -2.66. The molecule has 40 heavy (non-hydrogen) atoms. The number of hydrogen-bond donors (Lipinski definition) is 2. The Hall–Kier alpha value is -3.48. The summed E-state index contributed by atoms with van der Waals surface area (Å²) in [5, 5.41) is 7.31. The summed E-state index contributed by atoms with van der Waals surface area (Å²) in [6.07, 6.45) is 5.61. The van der Waals surface area contributed by atoms with Crippen LogP contribution in [0, 0.1) is 18.3 Å². The first-order valence-electron chi connectivity index (χ1n) is 13.5. The monoisotopic (exact) mass is 572 g/mol. The third-order valence-corrected chi connectivity index (χ3v) is 10.0. The van der Waals surface area contributed by atoms with E-state index in [0.717, 1.165) is 6.42 Å². The maximum atomic E-state index is 13.8. The molecular weight excluding hydrogens is 537 g/mol. The van der Waals surface area contributed by atoms with E-state index in [1.165, 1.54) is 6.20 Å². The van der Waals surface area contributed by atoms with Crippen molar-refractivity contribution >= 4 is 21.7 Å². The van der Waals surface area contributed by atoms with E-state index in [0.29, 0.717) is 61.5 Å². The van der Waals surface area contributed by atoms with Gasteiger partial charge in [0.05, 0.1) is 18.4 Å². The fourth-order valence-electron chi connectivity index (χ4n) is 6.69. The third kappa shape index (κ3) is 4.43. The number of aromatic nitrogens is 5. The van der Waals surface area contributed by atoms with Crippen LogP contribution in [0.4, 0.5) is 10.2 Å². The molecule has 0 spiro atoms. The number of alkyl halides is 1. The average Bonchev–Trinajstić information content (AvgIpc) is 3.52. The minimum atomic E-state index is -4.13. The molecule has 13 heteroatoms. The second-order valence-electron chi connectivity index (χ2n) is 12.6. The Morgan fingerprint density at radius 2 is 2.00 bits per heavy atom. The van der Waals surface area contributed by atoms with E-state index >= 15 is 0 Å². The van der Waals surface area contributed by atoms with E-state index in [1.807, 2.05) is 0 Å². The van der Waals surface area contributed by atoms with E-state index in [9.17, 15) is 17.6 Å². The van der Waals surface area contributed by atoms with Crippen molar-refractivity contribution in [3.63, 3.8) is 0 Å². The molecule has 7 rings (SSSR count). The number of carbonyl (C=O) groups is 1. The molecule has 0 unspecified atom stereocenters. The van der Waals surface area contributed by atoms with E-state index in [1.54, 1.807) is 47.7 Å². The van der Waals surface area contributed by atoms with Crippen molar-refractivity contribution in [2.75, 3.05) is 18.1 Å². The molecular formula is C27H35FN7O4S+. The molecule has 1 atom stereocenters. The molecule has 4 fully saturated rings. The number of anilines is 1. The van der Waals surface area contributed by atoms with Crippen molar-refractivity contribution in [3.8, 4) is 11.7 Å². The van der Waals surface area contributed by atoms with E-state index < -0.39 is 21.6 Å². The maximum absolute atomic E-state index is 13.8. The van der Waals surface area contributed by atoms with Crippen LogP contribution in [0.1, 0.15) is 62.5 Å². The van der Waals surface area contributed by atoms with Crippen LogP contribution in [0.3, 0.4) is 0 Å². The summed E-state index contributed by atoms with van der Waals surface area (Å²) < 4.78 is 51.2. The summed E-state index contributed by atoms with van der Waals surface area (Å²) in [5.41, 5.74) is -0.722. The molecule has 4 heterocycles. The maximum Gasteiger partial charge on any atom is 0.272 e. The van der Waals surface area contributed by atoms with Crippen molar-refractivity contribution < 1.29 is 27.0 Å². The van der Waals surface area contributed by atoms with Crippen LogP contribution in [0.5, 0.6) is 5.88 Å². The predicted octanol–water partition coefficient (Wildman–Crippen LogP) is 2.74. The number of rotatable bonds is 8. The fraction of sp³-hybridized carbons (Fsp3) is 0.556. The van der Waals surface area contributed by atoms with Gasteiger partial charge in [-0.05, 0) is 57.6 Å². The highest BCUT2D eigenvalue weighted by molar-refractivity contribution is 7.90. The third-order valence-electron chi connectivity index (χ3n) is 8.60. The van der Waals surface area contributed by atoms with Crippen molar-refractivity contribution in [2.24, 2.45) is 18.4 Å². The van der Waals surface area contributed by atoms with Crippen LogP contribution in [0.2, 0.25) is 0 Å². The molecule has 3 aromatic rings. The van der Waals surface area contributed by atoms with Crippen molar-refractivity contribution in [2.45, 2.75) is 69.5 Å². The van der Waals surface area contributed by atoms with Gasteiger partial charge in [0.25, 0.3) is 15.9 Å². The largest absolute Gasteiger partial charge is 0.476 e. The van der Waals surface area contributed by atoms with Crippen LogP contribution in [0.15, 0.2) is 35.5 Å². The first-order chi connectivity index (χ1) is 18.7. The molecule has 214 valence electrons. The van der Waals surface area contributed by atoms with Gasteiger partial charge in [-0.3, -0.25) is 4.79 Å². The molecule has 1 saturated heterocycles. The van der Waals surface area contributed by atoms with Crippen molar-refractivity contribution in [3.05, 3.63) is 41.9 Å². The Morgan fingerprint density at radius 1 is 1.27 bits per heavy atom. The fourth-order valence-corrected chi connectivity index (χ4v) is 7.88. The van der Waals surface area contributed by atoms with Crippen LogP contribution < -0.4 is 19.0 Å². The van der Waals surface area contributed by atoms with E-state index in [4.69, 9.17) is 9.72 Å². The number of sulfonamides is 1. The number of nitrogens with one attached hydrogen (secondary N) is 2. The minimum absolute atomic E-state index is 0.00535. The van der Waals surface area contributed by atoms with Crippen LogP contribution in [0.25, 0.3) is 5.82 Å². The number of carbonyl (C=O) groups excluding carboxylic acids is 1. The van der Waals surface area contributed by atoms with Gasteiger partial charge in [-0.2, -0.15) is 5.10 Å². The number of amides is 1. The SMILES string of the molecule is Cc1c(S(=O)(=O)NC(=O)c2ccc(-n3ccc(OCC45CC(F)(C4)C5)n3)nc2N2C[C@@H](C)CC2(C)C)c[nH][n+]1C. The quantitative estimate of drug-likeness (QED) is 0.398. The zero-order valence-electron chi connectivity index (χ0n) is 23.4. The number of nitrogens with zero attached hydrogens (tertiary/aromatic N) is 5. The number of pyridine rings is 1. The van der Waals surface area contributed by atoms with Gasteiger partial charge >= 0.3 is 0 Å². The molecule has 3 aromatic heterocycles. The molecule has 0 aromatic carbocycles. The van der Waals surface area contributed by atoms with Gasteiger partial charge in [-0.25, -0.2) is 27.2 Å². The smallest absolute Gasteiger partial charge is 0.272 e. The zero-order valence-corrected chi connectivity index (χ0v) is 24.2. The lowest BCUT2D eigenvalue weighted by Gasteiger charge is -2.65. The molecule has 3 aliphatic carbocycles. The molecule has 0 radical (unpaired) electrons. The first kappa shape index (κ1) is 26.7. The van der Waals surface area contributed by atoms with Gasteiger partial charge in [-0.15, -0.1) is 9.78 Å². The lowest BCUT2D eigenvalue weighted by atomic mass is 9.43.